The van der Waals surface area contributed by atoms with Crippen LogP contribution in [0.1, 0.15) is 65.1 Å². The molecular formula is C20H31N3O4. The summed E-state index contributed by atoms with van der Waals surface area (Å²) in [5.74, 6) is 1.39. The highest BCUT2D eigenvalue weighted by molar-refractivity contribution is 5.96. The summed E-state index contributed by atoms with van der Waals surface area (Å²) >= 11 is 0. The average molecular weight is 377 g/mol. The average Bonchev–Trinajstić information content (AvgIpc) is 3.11. The Morgan fingerprint density at radius 1 is 1.22 bits per heavy atom. The van der Waals surface area contributed by atoms with E-state index in [0.717, 1.165) is 38.9 Å². The highest BCUT2D eigenvalue weighted by Crippen LogP contribution is 2.26. The van der Waals surface area contributed by atoms with Crippen LogP contribution in [-0.2, 0) is 19.7 Å². The SMILES string of the molecule is CC(C)(C)c1cc(NC(=O)[C@@H]2CCCCN2C(=O)CC2CCOCC2)no1. The first-order chi connectivity index (χ1) is 12.8. The van der Waals surface area contributed by atoms with Gasteiger partial charge < -0.3 is 19.5 Å². The fraction of sp³-hybridized carbons (Fsp3) is 0.750. The van der Waals surface area contributed by atoms with Gasteiger partial charge in [-0.05, 0) is 38.0 Å². The zero-order valence-electron chi connectivity index (χ0n) is 16.6. The Morgan fingerprint density at radius 3 is 2.63 bits per heavy atom. The number of nitrogens with one attached hydrogen (secondary N) is 1. The molecule has 2 aliphatic rings. The molecule has 0 aromatic carbocycles. The molecule has 2 saturated heterocycles. The molecule has 1 aromatic rings. The van der Waals surface area contributed by atoms with Crippen molar-refractivity contribution in [3.8, 4) is 0 Å². The minimum absolute atomic E-state index is 0.0808. The molecule has 0 bridgehead atoms. The Labute approximate surface area is 160 Å². The molecule has 0 unspecified atom stereocenters. The van der Waals surface area contributed by atoms with Gasteiger partial charge in [-0.3, -0.25) is 9.59 Å². The first-order valence-electron chi connectivity index (χ1n) is 10.00. The lowest BCUT2D eigenvalue weighted by atomic mass is 9.93. The Morgan fingerprint density at radius 2 is 1.96 bits per heavy atom. The van der Waals surface area contributed by atoms with Crippen molar-refractivity contribution in [2.75, 3.05) is 25.1 Å². The first-order valence-corrected chi connectivity index (χ1v) is 10.00. The summed E-state index contributed by atoms with van der Waals surface area (Å²) in [4.78, 5) is 27.4. The van der Waals surface area contributed by atoms with Gasteiger partial charge in [-0.2, -0.15) is 0 Å². The Kier molecular flexibility index (Phi) is 6.19. The van der Waals surface area contributed by atoms with Crippen LogP contribution in [0.2, 0.25) is 0 Å². The van der Waals surface area contributed by atoms with Crippen LogP contribution < -0.4 is 5.32 Å². The Balaban J connectivity index is 1.62. The van der Waals surface area contributed by atoms with Crippen LogP contribution >= 0.6 is 0 Å². The summed E-state index contributed by atoms with van der Waals surface area (Å²) in [6, 6.07) is 1.33. The van der Waals surface area contributed by atoms with Crippen molar-refractivity contribution >= 4 is 17.6 Å². The van der Waals surface area contributed by atoms with Crippen molar-refractivity contribution in [3.63, 3.8) is 0 Å². The molecule has 0 radical (unpaired) electrons. The maximum Gasteiger partial charge on any atom is 0.248 e. The summed E-state index contributed by atoms with van der Waals surface area (Å²) in [6.07, 6.45) is 4.93. The van der Waals surface area contributed by atoms with Gasteiger partial charge in [0.1, 0.15) is 11.8 Å². The van der Waals surface area contributed by atoms with Crippen molar-refractivity contribution in [2.24, 2.45) is 5.92 Å². The van der Waals surface area contributed by atoms with Crippen molar-refractivity contribution in [1.29, 1.82) is 0 Å². The predicted octanol–water partition coefficient (Wildman–Crippen LogP) is 3.11. The molecule has 0 saturated carbocycles. The topological polar surface area (TPSA) is 84.7 Å². The van der Waals surface area contributed by atoms with Gasteiger partial charge in [0.15, 0.2) is 5.82 Å². The number of carbonyl (C=O) groups is 2. The summed E-state index contributed by atoms with van der Waals surface area (Å²) in [6.45, 7) is 8.17. The van der Waals surface area contributed by atoms with E-state index in [-0.39, 0.29) is 17.2 Å². The van der Waals surface area contributed by atoms with E-state index in [1.165, 1.54) is 0 Å². The molecule has 1 N–H and O–H groups in total. The maximum absolute atomic E-state index is 12.8. The van der Waals surface area contributed by atoms with Gasteiger partial charge in [-0.1, -0.05) is 25.9 Å². The molecule has 1 atom stereocenters. The van der Waals surface area contributed by atoms with Crippen LogP contribution in [0, 0.1) is 5.92 Å². The predicted molar refractivity (Wildman–Crippen MR) is 101 cm³/mol. The first kappa shape index (κ1) is 19.9. The van der Waals surface area contributed by atoms with E-state index in [1.807, 2.05) is 20.8 Å². The number of anilines is 1. The number of hydrogen-bond acceptors (Lipinski definition) is 5. The summed E-state index contributed by atoms with van der Waals surface area (Å²) in [7, 11) is 0. The molecule has 7 nitrogen and oxygen atoms in total. The summed E-state index contributed by atoms with van der Waals surface area (Å²) in [5.41, 5.74) is -0.174. The highest BCUT2D eigenvalue weighted by atomic mass is 16.5. The molecule has 1 aromatic heterocycles. The molecule has 3 rings (SSSR count). The van der Waals surface area contributed by atoms with E-state index in [1.54, 1.807) is 11.0 Å². The second-order valence-corrected chi connectivity index (χ2v) is 8.67. The zero-order valence-corrected chi connectivity index (χ0v) is 16.6. The highest BCUT2D eigenvalue weighted by Gasteiger charge is 2.34. The smallest absolute Gasteiger partial charge is 0.248 e. The molecule has 3 heterocycles. The van der Waals surface area contributed by atoms with Crippen LogP contribution in [0.4, 0.5) is 5.82 Å². The Hall–Kier alpha value is -1.89. The number of amides is 2. The largest absolute Gasteiger partial charge is 0.381 e. The normalized spacial score (nSPS) is 21.9. The van der Waals surface area contributed by atoms with Crippen LogP contribution in [-0.4, -0.2) is 47.7 Å². The van der Waals surface area contributed by atoms with E-state index < -0.39 is 6.04 Å². The summed E-state index contributed by atoms with van der Waals surface area (Å²) < 4.78 is 10.7. The zero-order chi connectivity index (χ0) is 19.4. The van der Waals surface area contributed by atoms with Crippen LogP contribution in [0.5, 0.6) is 0 Å². The van der Waals surface area contributed by atoms with Gasteiger partial charge in [0, 0.05) is 37.7 Å². The number of aromatic nitrogens is 1. The van der Waals surface area contributed by atoms with Crippen LogP contribution in [0.3, 0.4) is 0 Å². The molecule has 2 amide bonds. The fourth-order valence-corrected chi connectivity index (χ4v) is 3.71. The summed E-state index contributed by atoms with van der Waals surface area (Å²) in [5, 5.41) is 6.79. The number of piperidine rings is 1. The van der Waals surface area contributed by atoms with Crippen molar-refractivity contribution in [2.45, 2.75) is 70.8 Å². The molecule has 0 spiro atoms. The van der Waals surface area contributed by atoms with Gasteiger partial charge >= 0.3 is 0 Å². The second kappa shape index (κ2) is 8.42. The van der Waals surface area contributed by atoms with Crippen molar-refractivity contribution < 1.29 is 18.8 Å². The monoisotopic (exact) mass is 377 g/mol. The second-order valence-electron chi connectivity index (χ2n) is 8.67. The van der Waals surface area contributed by atoms with E-state index in [4.69, 9.17) is 9.26 Å². The lowest BCUT2D eigenvalue weighted by Crippen LogP contribution is -2.50. The maximum atomic E-state index is 12.8. The number of ether oxygens (including phenoxy) is 1. The van der Waals surface area contributed by atoms with Gasteiger partial charge in [0.05, 0.1) is 0 Å². The number of hydrogen-bond donors (Lipinski definition) is 1. The van der Waals surface area contributed by atoms with E-state index in [9.17, 15) is 9.59 Å². The lowest BCUT2D eigenvalue weighted by molar-refractivity contribution is -0.141. The lowest BCUT2D eigenvalue weighted by Gasteiger charge is -2.35. The molecule has 2 fully saturated rings. The third-order valence-corrected chi connectivity index (χ3v) is 5.43. The molecule has 2 aliphatic heterocycles. The van der Waals surface area contributed by atoms with Crippen LogP contribution in [0.25, 0.3) is 0 Å². The number of carbonyl (C=O) groups excluding carboxylic acids is 2. The number of nitrogens with zero attached hydrogens (tertiary/aromatic N) is 2. The molecular weight excluding hydrogens is 346 g/mol. The number of rotatable bonds is 4. The van der Waals surface area contributed by atoms with E-state index in [0.29, 0.717) is 36.9 Å². The number of likely N-dealkylation sites (tertiary alicyclic amines) is 1. The standard InChI is InChI=1S/C20H31N3O4/c1-20(2,3)16-13-17(22-27-16)21-19(25)15-6-4-5-9-23(15)18(24)12-14-7-10-26-11-8-14/h13-15H,4-12H2,1-3H3,(H,21,22,25)/t15-/m0/s1. The van der Waals surface area contributed by atoms with Gasteiger partial charge in [0.25, 0.3) is 0 Å². The van der Waals surface area contributed by atoms with Crippen molar-refractivity contribution in [1.82, 2.24) is 10.1 Å². The van der Waals surface area contributed by atoms with Crippen molar-refractivity contribution in [3.05, 3.63) is 11.8 Å². The minimum Gasteiger partial charge on any atom is -0.381 e. The van der Waals surface area contributed by atoms with E-state index >= 15 is 0 Å². The van der Waals surface area contributed by atoms with E-state index in [2.05, 4.69) is 10.5 Å². The fourth-order valence-electron chi connectivity index (χ4n) is 3.71. The van der Waals surface area contributed by atoms with Crippen LogP contribution in [0.15, 0.2) is 10.6 Å². The third kappa shape index (κ3) is 5.09. The molecule has 150 valence electrons. The minimum atomic E-state index is -0.430. The van der Waals surface area contributed by atoms with Gasteiger partial charge in [0.2, 0.25) is 11.8 Å². The molecule has 27 heavy (non-hydrogen) atoms. The van der Waals surface area contributed by atoms with Gasteiger partial charge in [-0.25, -0.2) is 0 Å². The van der Waals surface area contributed by atoms with Gasteiger partial charge in [-0.15, -0.1) is 0 Å². The quantitative estimate of drug-likeness (QED) is 0.871. The third-order valence-electron chi connectivity index (χ3n) is 5.43. The Bertz CT molecular complexity index is 658. The molecule has 7 heteroatoms. The molecule has 0 aliphatic carbocycles.